The molecule has 0 aromatic rings. The van der Waals surface area contributed by atoms with Gasteiger partial charge in [-0.2, -0.15) is 0 Å². The quantitative estimate of drug-likeness (QED) is 0.218. The van der Waals surface area contributed by atoms with Gasteiger partial charge < -0.3 is 0 Å². The molecule has 0 atom stereocenters. The molecule has 0 bridgehead atoms. The van der Waals surface area contributed by atoms with Gasteiger partial charge in [-0.3, -0.25) is 0 Å². The summed E-state index contributed by atoms with van der Waals surface area (Å²) in [5, 5.41) is 7.88. The molecule has 0 heterocycles. The molecule has 0 spiro atoms. The van der Waals surface area contributed by atoms with Gasteiger partial charge in [0.15, 0.2) is 0 Å². The second-order valence-electron chi connectivity index (χ2n) is 0.545. The van der Waals surface area contributed by atoms with Crippen LogP contribution in [0.2, 0.25) is 0 Å². The minimum atomic E-state index is 0.361. The van der Waals surface area contributed by atoms with Gasteiger partial charge in [0.25, 0.3) is 0 Å². The van der Waals surface area contributed by atoms with Crippen molar-refractivity contribution >= 4 is 6.41 Å². The van der Waals surface area contributed by atoms with Crippen molar-refractivity contribution in [3.63, 3.8) is 0 Å². The molecule has 5 heavy (non-hydrogen) atoms. The number of hydrogen-bond donors (Lipinski definition) is 1. The van der Waals surface area contributed by atoms with Gasteiger partial charge in [0.2, 0.25) is 0 Å². The summed E-state index contributed by atoms with van der Waals surface area (Å²) in [7, 11) is 0. The van der Waals surface area contributed by atoms with Crippen molar-refractivity contribution in [2.24, 2.45) is 0 Å². The molecule has 0 aromatic heterocycles. The van der Waals surface area contributed by atoms with E-state index in [9.17, 15) is 4.79 Å². The van der Waals surface area contributed by atoms with E-state index in [1.807, 2.05) is 0 Å². The maximum absolute atomic E-state index is 9.21. The Bertz CT molecular complexity index is 36.6. The maximum atomic E-state index is 9.21. The van der Waals surface area contributed by atoms with E-state index in [2.05, 4.69) is 0 Å². The average molecular weight is 125 g/mol. The fourth-order valence-corrected chi connectivity index (χ4v) is 0. The predicted molar refractivity (Wildman–Crippen MR) is 9.69 cm³/mol. The van der Waals surface area contributed by atoms with E-state index >= 15 is 0 Å². The minimum absolute atomic E-state index is 0.361. The first-order chi connectivity index (χ1) is 2.27. The summed E-state index contributed by atoms with van der Waals surface area (Å²) in [6.45, 7) is 0. The van der Waals surface area contributed by atoms with Crippen LogP contribution >= 0.6 is 0 Å². The second-order valence-corrected chi connectivity index (χ2v) is 1.90. The van der Waals surface area contributed by atoms with Crippen molar-refractivity contribution in [1.29, 1.82) is 0 Å². The number of carbonyl (C=O) groups excluding carboxylic acids is 1. The van der Waals surface area contributed by atoms with Gasteiger partial charge in [0.05, 0.1) is 0 Å². The van der Waals surface area contributed by atoms with Crippen molar-refractivity contribution in [3.05, 3.63) is 0 Å². The first-order valence-electron chi connectivity index (χ1n) is 1.01. The van der Waals surface area contributed by atoms with Gasteiger partial charge in [-0.25, -0.2) is 0 Å². The summed E-state index contributed by atoms with van der Waals surface area (Å²) in [6.07, 6.45) is 0.361. The number of hydrogen-bond acceptors (Lipinski definition) is 2. The molecule has 0 saturated heterocycles. The molecular formula is CH2NO2Zn. The van der Waals surface area contributed by atoms with Crippen LogP contribution in [0.4, 0.5) is 0 Å². The Kier molecular flexibility index (Phi) is 2.32. The number of carbonyl (C=O) groups is 1. The molecule has 1 N–H and O–H groups in total. The Hall–Kier alpha value is 0.0534. The van der Waals surface area contributed by atoms with E-state index in [0.29, 0.717) is 28.8 Å². The standard InChI is InChI=1S/CH3NO2.Zn/c3-1-2-4;/h1H,(H2,2,3,4);/q;+1/p-1. The van der Waals surface area contributed by atoms with Crippen LogP contribution in [0, 0.1) is 0 Å². The van der Waals surface area contributed by atoms with E-state index in [-0.39, 0.29) is 0 Å². The molecule has 0 radical (unpaired) electrons. The fraction of sp³-hybridized carbons (Fsp3) is 0. The van der Waals surface area contributed by atoms with Crippen LogP contribution in [0.3, 0.4) is 0 Å². The van der Waals surface area contributed by atoms with Gasteiger partial charge in [0.1, 0.15) is 0 Å². The molecule has 0 saturated carbocycles. The van der Waals surface area contributed by atoms with Gasteiger partial charge >= 0.3 is 38.8 Å². The Morgan fingerprint density at radius 2 is 2.20 bits per heavy atom. The number of hydroxylamine groups is 1. The zero-order valence-electron chi connectivity index (χ0n) is 2.59. The van der Waals surface area contributed by atoms with Gasteiger partial charge in [0, 0.05) is 0 Å². The average Bonchev–Trinajstić information content (AvgIpc) is 1.38. The molecule has 0 aliphatic heterocycles. The van der Waals surface area contributed by atoms with Crippen molar-refractivity contribution in [3.8, 4) is 0 Å². The van der Waals surface area contributed by atoms with Crippen molar-refractivity contribution in [2.45, 2.75) is 0 Å². The summed E-state index contributed by atoms with van der Waals surface area (Å²) in [5.74, 6) is 0. The van der Waals surface area contributed by atoms with Crippen LogP contribution in [0.1, 0.15) is 0 Å². The second kappa shape index (κ2) is 2.30. The molecule has 3 nitrogen and oxygen atoms in total. The Labute approximate surface area is 39.5 Å². The molecule has 25 valence electrons. The molecule has 0 unspecified atom stereocenters. The first-order valence-corrected chi connectivity index (χ1v) is 2.34. The predicted octanol–water partition coefficient (Wildman–Crippen LogP) is -0.704. The fourth-order valence-electron chi connectivity index (χ4n) is 0. The Balaban J connectivity index is 2.83. The zero-order chi connectivity index (χ0) is 4.28. The Morgan fingerprint density at radius 3 is 2.20 bits per heavy atom. The van der Waals surface area contributed by atoms with Crippen LogP contribution < -0.4 is 0 Å². The van der Waals surface area contributed by atoms with Crippen LogP contribution in [-0.2, 0) is 23.3 Å². The summed E-state index contributed by atoms with van der Waals surface area (Å²) >= 11 is 0.476. The van der Waals surface area contributed by atoms with Crippen LogP contribution in [0.5, 0.6) is 0 Å². The molecular weight excluding hydrogens is 123 g/mol. The zero-order valence-corrected chi connectivity index (χ0v) is 5.55. The first kappa shape index (κ1) is 5.05. The van der Waals surface area contributed by atoms with Gasteiger partial charge in [-0.1, -0.05) is 0 Å². The van der Waals surface area contributed by atoms with Crippen molar-refractivity contribution in [1.82, 2.24) is 3.81 Å². The number of amides is 1. The third kappa shape index (κ3) is 4.05. The molecule has 1 amide bonds. The van der Waals surface area contributed by atoms with E-state index < -0.39 is 0 Å². The third-order valence-electron chi connectivity index (χ3n) is 0.122. The third-order valence-corrected chi connectivity index (χ3v) is 0.434. The van der Waals surface area contributed by atoms with Gasteiger partial charge in [-0.05, 0) is 0 Å². The topological polar surface area (TPSA) is 40.5 Å². The molecule has 0 rings (SSSR count). The van der Waals surface area contributed by atoms with Crippen molar-refractivity contribution in [2.75, 3.05) is 0 Å². The molecule has 4 heteroatoms. The summed E-state index contributed by atoms with van der Waals surface area (Å²) in [4.78, 5) is 9.21. The molecule has 0 aromatic carbocycles. The van der Waals surface area contributed by atoms with E-state index in [0.717, 1.165) is 0 Å². The normalized spacial score (nSPS) is 7.00. The summed E-state index contributed by atoms with van der Waals surface area (Å²) < 4.78 is 0.569. The van der Waals surface area contributed by atoms with E-state index in [1.54, 1.807) is 0 Å². The number of rotatable bonds is 1. The van der Waals surface area contributed by atoms with E-state index in [1.165, 1.54) is 0 Å². The van der Waals surface area contributed by atoms with Crippen LogP contribution in [-0.4, -0.2) is 15.4 Å². The summed E-state index contributed by atoms with van der Waals surface area (Å²) in [6, 6.07) is 0. The van der Waals surface area contributed by atoms with Gasteiger partial charge in [-0.15, -0.1) is 0 Å². The Morgan fingerprint density at radius 1 is 2.00 bits per heavy atom. The SMILES string of the molecule is O=C[N](O)[Zn]. The molecule has 0 aliphatic rings. The number of nitrogens with zero attached hydrogens (tertiary/aromatic N) is 1. The van der Waals surface area contributed by atoms with Crippen molar-refractivity contribution < 1.29 is 28.5 Å². The molecule has 0 aliphatic carbocycles. The monoisotopic (exact) mass is 124 g/mol. The summed E-state index contributed by atoms with van der Waals surface area (Å²) in [5.41, 5.74) is 0. The van der Waals surface area contributed by atoms with E-state index in [4.69, 9.17) is 5.21 Å². The molecule has 0 fully saturated rings. The van der Waals surface area contributed by atoms with Crippen LogP contribution in [0.25, 0.3) is 0 Å². The van der Waals surface area contributed by atoms with Crippen LogP contribution in [0.15, 0.2) is 0 Å².